The van der Waals surface area contributed by atoms with Crippen molar-refractivity contribution >= 4 is 11.9 Å². The Morgan fingerprint density at radius 1 is 1.32 bits per heavy atom. The van der Waals surface area contributed by atoms with E-state index in [0.29, 0.717) is 12.3 Å². The summed E-state index contributed by atoms with van der Waals surface area (Å²) in [5, 5.41) is 8.81. The highest BCUT2D eigenvalue weighted by molar-refractivity contribution is 5.79. The molecule has 0 bridgehead atoms. The van der Waals surface area contributed by atoms with Crippen molar-refractivity contribution in [2.75, 3.05) is 13.2 Å². The van der Waals surface area contributed by atoms with Gasteiger partial charge in [-0.25, -0.2) is 0 Å². The maximum absolute atomic E-state index is 12.0. The second-order valence-corrected chi connectivity index (χ2v) is 4.58. The third-order valence-electron chi connectivity index (χ3n) is 3.21. The SMILES string of the molecule is O=C(O)CC1CCCN1C(=O)COc1ccccc1. The van der Waals surface area contributed by atoms with Gasteiger partial charge in [-0.05, 0) is 25.0 Å². The van der Waals surface area contributed by atoms with E-state index in [9.17, 15) is 9.59 Å². The number of para-hydroxylation sites is 1. The minimum Gasteiger partial charge on any atom is -0.484 e. The molecule has 0 saturated carbocycles. The lowest BCUT2D eigenvalue weighted by Crippen LogP contribution is -2.39. The maximum Gasteiger partial charge on any atom is 0.305 e. The normalized spacial score (nSPS) is 18.3. The Hall–Kier alpha value is -2.04. The summed E-state index contributed by atoms with van der Waals surface area (Å²) in [5.41, 5.74) is 0. The van der Waals surface area contributed by atoms with Gasteiger partial charge >= 0.3 is 5.97 Å². The van der Waals surface area contributed by atoms with Gasteiger partial charge in [0.25, 0.3) is 5.91 Å². The molecular weight excluding hydrogens is 246 g/mol. The Kier molecular flexibility index (Phi) is 4.39. The number of likely N-dealkylation sites (tertiary alicyclic amines) is 1. The second kappa shape index (κ2) is 6.22. The summed E-state index contributed by atoms with van der Waals surface area (Å²) in [6, 6.07) is 8.92. The molecule has 1 aliphatic heterocycles. The van der Waals surface area contributed by atoms with Gasteiger partial charge in [-0.1, -0.05) is 18.2 Å². The molecule has 0 spiro atoms. The van der Waals surface area contributed by atoms with Crippen LogP contribution in [-0.4, -0.2) is 41.1 Å². The first kappa shape index (κ1) is 13.4. The van der Waals surface area contributed by atoms with Crippen LogP contribution in [-0.2, 0) is 9.59 Å². The van der Waals surface area contributed by atoms with Crippen LogP contribution in [0, 0.1) is 0 Å². The van der Waals surface area contributed by atoms with Gasteiger partial charge in [-0.3, -0.25) is 9.59 Å². The molecule has 1 atom stereocenters. The van der Waals surface area contributed by atoms with E-state index in [2.05, 4.69) is 0 Å². The zero-order chi connectivity index (χ0) is 13.7. The first-order valence-corrected chi connectivity index (χ1v) is 6.36. The molecule has 1 aliphatic rings. The Balaban J connectivity index is 1.87. The van der Waals surface area contributed by atoms with Crippen LogP contribution < -0.4 is 4.74 Å². The fraction of sp³-hybridized carbons (Fsp3) is 0.429. The summed E-state index contributed by atoms with van der Waals surface area (Å²) in [6.07, 6.45) is 1.62. The molecule has 1 amide bonds. The number of nitrogens with zero attached hydrogens (tertiary/aromatic N) is 1. The molecule has 1 unspecified atom stereocenters. The van der Waals surface area contributed by atoms with E-state index in [1.54, 1.807) is 17.0 Å². The van der Waals surface area contributed by atoms with Crippen LogP contribution in [0.3, 0.4) is 0 Å². The molecule has 19 heavy (non-hydrogen) atoms. The molecule has 1 N–H and O–H groups in total. The molecule has 1 saturated heterocycles. The molecule has 5 heteroatoms. The molecule has 1 aromatic carbocycles. The van der Waals surface area contributed by atoms with Crippen LogP contribution in [0.25, 0.3) is 0 Å². The molecule has 1 fully saturated rings. The monoisotopic (exact) mass is 263 g/mol. The number of ether oxygens (including phenoxy) is 1. The second-order valence-electron chi connectivity index (χ2n) is 4.58. The lowest BCUT2D eigenvalue weighted by molar-refractivity contribution is -0.140. The van der Waals surface area contributed by atoms with Crippen molar-refractivity contribution in [3.8, 4) is 5.75 Å². The minimum absolute atomic E-state index is 0.0110. The molecular formula is C14H17NO4. The Bertz CT molecular complexity index is 446. The number of hydrogen-bond acceptors (Lipinski definition) is 3. The van der Waals surface area contributed by atoms with E-state index in [1.807, 2.05) is 18.2 Å². The highest BCUT2D eigenvalue weighted by Crippen LogP contribution is 2.20. The van der Waals surface area contributed by atoms with E-state index in [1.165, 1.54) is 0 Å². The average molecular weight is 263 g/mol. The number of carboxylic acid groups (broad SMARTS) is 1. The summed E-state index contributed by atoms with van der Waals surface area (Å²) in [5.74, 6) is -0.369. The Morgan fingerprint density at radius 3 is 2.74 bits per heavy atom. The van der Waals surface area contributed by atoms with Gasteiger partial charge < -0.3 is 14.7 Å². The third-order valence-corrected chi connectivity index (χ3v) is 3.21. The number of aliphatic carboxylic acids is 1. The summed E-state index contributed by atoms with van der Waals surface area (Å²) in [4.78, 5) is 24.4. The van der Waals surface area contributed by atoms with Crippen molar-refractivity contribution in [2.24, 2.45) is 0 Å². The molecule has 5 nitrogen and oxygen atoms in total. The smallest absolute Gasteiger partial charge is 0.305 e. The largest absolute Gasteiger partial charge is 0.484 e. The zero-order valence-electron chi connectivity index (χ0n) is 10.6. The van der Waals surface area contributed by atoms with Crippen molar-refractivity contribution in [3.05, 3.63) is 30.3 Å². The molecule has 0 aromatic heterocycles. The number of carbonyl (C=O) groups is 2. The van der Waals surface area contributed by atoms with Crippen molar-refractivity contribution < 1.29 is 19.4 Å². The number of rotatable bonds is 5. The van der Waals surface area contributed by atoms with Crippen LogP contribution >= 0.6 is 0 Å². The Morgan fingerprint density at radius 2 is 2.05 bits per heavy atom. The van der Waals surface area contributed by atoms with Gasteiger partial charge in [0.15, 0.2) is 6.61 Å². The lowest BCUT2D eigenvalue weighted by Gasteiger charge is -2.23. The fourth-order valence-corrected chi connectivity index (χ4v) is 2.32. The highest BCUT2D eigenvalue weighted by Gasteiger charge is 2.30. The topological polar surface area (TPSA) is 66.8 Å². The summed E-state index contributed by atoms with van der Waals surface area (Å²) < 4.78 is 5.39. The van der Waals surface area contributed by atoms with Gasteiger partial charge in [0.05, 0.1) is 6.42 Å². The first-order chi connectivity index (χ1) is 9.16. The number of hydrogen-bond donors (Lipinski definition) is 1. The number of amides is 1. The quantitative estimate of drug-likeness (QED) is 0.874. The molecule has 0 radical (unpaired) electrons. The van der Waals surface area contributed by atoms with E-state index >= 15 is 0 Å². The minimum atomic E-state index is -0.867. The van der Waals surface area contributed by atoms with Crippen molar-refractivity contribution in [2.45, 2.75) is 25.3 Å². The molecule has 1 aromatic rings. The first-order valence-electron chi connectivity index (χ1n) is 6.36. The van der Waals surface area contributed by atoms with Gasteiger partial charge in [-0.15, -0.1) is 0 Å². The standard InChI is InChI=1S/C14H17NO4/c16-13(10-19-12-6-2-1-3-7-12)15-8-4-5-11(15)9-14(17)18/h1-3,6-7,11H,4-5,8-10H2,(H,17,18). The Labute approximate surface area is 111 Å². The van der Waals surface area contributed by atoms with Crippen LogP contribution in [0.4, 0.5) is 0 Å². The van der Waals surface area contributed by atoms with Crippen molar-refractivity contribution in [3.63, 3.8) is 0 Å². The lowest BCUT2D eigenvalue weighted by atomic mass is 10.1. The van der Waals surface area contributed by atoms with E-state index in [4.69, 9.17) is 9.84 Å². The summed E-state index contributed by atoms with van der Waals surface area (Å²) in [7, 11) is 0. The predicted molar refractivity (Wildman–Crippen MR) is 68.9 cm³/mol. The van der Waals surface area contributed by atoms with Crippen LogP contribution in [0.2, 0.25) is 0 Å². The fourth-order valence-electron chi connectivity index (χ4n) is 2.32. The predicted octanol–water partition coefficient (Wildman–Crippen LogP) is 1.53. The highest BCUT2D eigenvalue weighted by atomic mass is 16.5. The van der Waals surface area contributed by atoms with Crippen LogP contribution in [0.15, 0.2) is 30.3 Å². The molecule has 1 heterocycles. The van der Waals surface area contributed by atoms with Gasteiger partial charge in [0.2, 0.25) is 0 Å². The van der Waals surface area contributed by atoms with Gasteiger partial charge in [0, 0.05) is 12.6 Å². The van der Waals surface area contributed by atoms with Crippen LogP contribution in [0.5, 0.6) is 5.75 Å². The van der Waals surface area contributed by atoms with Crippen molar-refractivity contribution in [1.29, 1.82) is 0 Å². The zero-order valence-corrected chi connectivity index (χ0v) is 10.6. The molecule has 0 aliphatic carbocycles. The van der Waals surface area contributed by atoms with E-state index in [0.717, 1.165) is 12.8 Å². The number of carbonyl (C=O) groups excluding carboxylic acids is 1. The van der Waals surface area contributed by atoms with Crippen LogP contribution in [0.1, 0.15) is 19.3 Å². The molecule has 102 valence electrons. The summed E-state index contributed by atoms with van der Waals surface area (Å²) >= 11 is 0. The number of benzene rings is 1. The number of carboxylic acids is 1. The van der Waals surface area contributed by atoms with Gasteiger partial charge in [-0.2, -0.15) is 0 Å². The summed E-state index contributed by atoms with van der Waals surface area (Å²) in [6.45, 7) is 0.578. The van der Waals surface area contributed by atoms with E-state index in [-0.39, 0.29) is 25.0 Å². The maximum atomic E-state index is 12.0. The van der Waals surface area contributed by atoms with E-state index < -0.39 is 5.97 Å². The average Bonchev–Trinajstić information content (AvgIpc) is 2.84. The third kappa shape index (κ3) is 3.71. The van der Waals surface area contributed by atoms with Gasteiger partial charge in [0.1, 0.15) is 5.75 Å². The molecule has 2 rings (SSSR count). The van der Waals surface area contributed by atoms with Crippen molar-refractivity contribution in [1.82, 2.24) is 4.90 Å².